The second kappa shape index (κ2) is 9.39. The fourth-order valence-electron chi connectivity index (χ4n) is 4.33. The van der Waals surface area contributed by atoms with Gasteiger partial charge in [0.1, 0.15) is 5.82 Å². The fraction of sp³-hybridized carbons (Fsp3) is 0.400. The Bertz CT molecular complexity index is 1300. The molecule has 7 nitrogen and oxygen atoms in total. The van der Waals surface area contributed by atoms with E-state index in [0.717, 1.165) is 36.1 Å². The van der Waals surface area contributed by atoms with E-state index >= 15 is 0 Å². The molecule has 0 saturated heterocycles. The highest BCUT2D eigenvalue weighted by molar-refractivity contribution is 7.17. The normalized spacial score (nSPS) is 12.5. The van der Waals surface area contributed by atoms with Crippen LogP contribution in [0, 0.1) is 5.92 Å². The summed E-state index contributed by atoms with van der Waals surface area (Å²) in [7, 11) is 0. The fourth-order valence-corrected chi connectivity index (χ4v) is 5.55. The van der Waals surface area contributed by atoms with E-state index in [-0.39, 0.29) is 23.3 Å². The van der Waals surface area contributed by atoms with Crippen molar-refractivity contribution in [2.45, 2.75) is 53.0 Å². The van der Waals surface area contributed by atoms with E-state index in [2.05, 4.69) is 17.1 Å². The summed E-state index contributed by atoms with van der Waals surface area (Å²) >= 11 is 1.46. The van der Waals surface area contributed by atoms with Gasteiger partial charge in [0.15, 0.2) is 5.69 Å². The molecular formula is C25H30N4O3S. The lowest BCUT2D eigenvalue weighted by Crippen LogP contribution is -2.42. The largest absolute Gasteiger partial charge is 0.383 e. The molecule has 0 fully saturated rings. The first-order chi connectivity index (χ1) is 15.8. The molecule has 3 N–H and O–H groups in total. The molecule has 2 heterocycles. The van der Waals surface area contributed by atoms with Crippen LogP contribution in [0.2, 0.25) is 0 Å². The topological polar surface area (TPSA) is 101 Å². The maximum Gasteiger partial charge on any atom is 0.330 e. The maximum atomic E-state index is 13.8. The molecule has 33 heavy (non-hydrogen) atoms. The number of nitrogen functional groups attached to an aromatic ring is 1. The van der Waals surface area contributed by atoms with E-state index in [4.69, 9.17) is 5.73 Å². The van der Waals surface area contributed by atoms with Crippen molar-refractivity contribution in [2.24, 2.45) is 5.92 Å². The molecule has 174 valence electrons. The number of aromatic nitrogens is 2. The summed E-state index contributed by atoms with van der Waals surface area (Å²) in [5.74, 6) is -0.129. The van der Waals surface area contributed by atoms with Gasteiger partial charge < -0.3 is 5.73 Å². The monoisotopic (exact) mass is 466 g/mol. The predicted molar refractivity (Wildman–Crippen MR) is 134 cm³/mol. The van der Waals surface area contributed by atoms with Gasteiger partial charge in [-0.05, 0) is 47.9 Å². The molecule has 0 unspecified atom stereocenters. The van der Waals surface area contributed by atoms with Gasteiger partial charge in [0.25, 0.3) is 11.5 Å². The minimum absolute atomic E-state index is 0.0397. The van der Waals surface area contributed by atoms with Crippen LogP contribution in [0.4, 0.5) is 11.5 Å². The summed E-state index contributed by atoms with van der Waals surface area (Å²) in [5.41, 5.74) is 8.81. The first-order valence-corrected chi connectivity index (χ1v) is 12.3. The van der Waals surface area contributed by atoms with Gasteiger partial charge in [-0.3, -0.25) is 24.0 Å². The molecular weight excluding hydrogens is 436 g/mol. The van der Waals surface area contributed by atoms with E-state index < -0.39 is 11.2 Å². The van der Waals surface area contributed by atoms with Gasteiger partial charge in [-0.2, -0.15) is 0 Å². The van der Waals surface area contributed by atoms with E-state index in [1.807, 2.05) is 39.0 Å². The Balaban J connectivity index is 1.79. The molecule has 1 aliphatic carbocycles. The third kappa shape index (κ3) is 4.39. The first kappa shape index (κ1) is 23.0. The standard InChI is InChI=1S/C25H30N4O3S/c1-4-5-12-28-22(26)20(23(30)27-25(28)32)29(14-15(2)3)24(31)19-13-17-11-10-16-8-6-7-9-18(16)21(17)33-19/h6-9,13,15H,4-5,10-12,14,26H2,1-3H3,(H,27,30,32). The number of aromatic amines is 1. The summed E-state index contributed by atoms with van der Waals surface area (Å²) in [6.07, 6.45) is 3.44. The van der Waals surface area contributed by atoms with Crippen molar-refractivity contribution in [3.05, 3.63) is 67.2 Å². The number of nitrogens with one attached hydrogen (secondary N) is 1. The van der Waals surface area contributed by atoms with Crippen LogP contribution in [-0.4, -0.2) is 22.0 Å². The minimum atomic E-state index is -0.633. The van der Waals surface area contributed by atoms with E-state index in [1.54, 1.807) is 0 Å². The zero-order valence-electron chi connectivity index (χ0n) is 19.3. The third-order valence-electron chi connectivity index (χ3n) is 5.96. The average molecular weight is 467 g/mol. The Morgan fingerprint density at radius 1 is 1.21 bits per heavy atom. The quantitative estimate of drug-likeness (QED) is 0.548. The number of benzene rings is 1. The summed E-state index contributed by atoms with van der Waals surface area (Å²) in [4.78, 5) is 44.5. The van der Waals surface area contributed by atoms with Gasteiger partial charge in [0.2, 0.25) is 0 Å². The Morgan fingerprint density at radius 2 is 1.94 bits per heavy atom. The van der Waals surface area contributed by atoms with Gasteiger partial charge in [-0.15, -0.1) is 11.3 Å². The molecule has 1 aromatic carbocycles. The molecule has 3 aromatic rings. The number of nitrogens with two attached hydrogens (primary N) is 1. The van der Waals surface area contributed by atoms with Gasteiger partial charge in [0.05, 0.1) is 4.88 Å². The lowest BCUT2D eigenvalue weighted by Gasteiger charge is -2.25. The minimum Gasteiger partial charge on any atom is -0.383 e. The maximum absolute atomic E-state index is 13.8. The Morgan fingerprint density at radius 3 is 2.67 bits per heavy atom. The van der Waals surface area contributed by atoms with Crippen molar-refractivity contribution in [1.29, 1.82) is 0 Å². The van der Waals surface area contributed by atoms with Crippen LogP contribution in [0.15, 0.2) is 39.9 Å². The molecule has 0 aliphatic heterocycles. The average Bonchev–Trinajstić information content (AvgIpc) is 3.22. The SMILES string of the molecule is CCCCn1c(N)c(N(CC(C)C)C(=O)c2cc3c(s2)-c2ccccc2CC3)c(=O)[nH]c1=O. The van der Waals surface area contributed by atoms with Crippen molar-refractivity contribution >= 4 is 28.7 Å². The van der Waals surface area contributed by atoms with Crippen LogP contribution in [0.25, 0.3) is 10.4 Å². The predicted octanol–water partition coefficient (Wildman–Crippen LogP) is 4.05. The Hall–Kier alpha value is -3.13. The van der Waals surface area contributed by atoms with Crippen LogP contribution < -0.4 is 21.9 Å². The molecule has 0 saturated carbocycles. The highest BCUT2D eigenvalue weighted by Crippen LogP contribution is 2.40. The number of carbonyl (C=O) groups excluding carboxylic acids is 1. The van der Waals surface area contributed by atoms with Crippen molar-refractivity contribution < 1.29 is 4.79 Å². The Kier molecular flexibility index (Phi) is 6.56. The smallest absolute Gasteiger partial charge is 0.330 e. The molecule has 0 bridgehead atoms. The summed E-state index contributed by atoms with van der Waals surface area (Å²) in [6, 6.07) is 10.2. The van der Waals surface area contributed by atoms with Crippen molar-refractivity contribution in [1.82, 2.24) is 9.55 Å². The number of amides is 1. The molecule has 1 aliphatic rings. The summed E-state index contributed by atoms with van der Waals surface area (Å²) in [6.45, 7) is 6.68. The lowest BCUT2D eigenvalue weighted by atomic mass is 9.91. The lowest BCUT2D eigenvalue weighted by molar-refractivity contribution is 0.0987. The van der Waals surface area contributed by atoms with Gasteiger partial charge in [0, 0.05) is 18.0 Å². The molecule has 0 spiro atoms. The molecule has 1 amide bonds. The number of fused-ring (bicyclic) bond motifs is 3. The zero-order valence-corrected chi connectivity index (χ0v) is 20.1. The number of hydrogen-bond donors (Lipinski definition) is 2. The number of aryl methyl sites for hydroxylation is 2. The van der Waals surface area contributed by atoms with Gasteiger partial charge >= 0.3 is 5.69 Å². The van der Waals surface area contributed by atoms with E-state index in [1.165, 1.54) is 31.9 Å². The number of nitrogens with zero attached hydrogens (tertiary/aromatic N) is 2. The third-order valence-corrected chi connectivity index (χ3v) is 7.16. The molecule has 8 heteroatoms. The van der Waals surface area contributed by atoms with E-state index in [9.17, 15) is 14.4 Å². The van der Waals surface area contributed by atoms with E-state index in [0.29, 0.717) is 18.0 Å². The van der Waals surface area contributed by atoms with Gasteiger partial charge in [-0.1, -0.05) is 51.5 Å². The summed E-state index contributed by atoms with van der Waals surface area (Å²) < 4.78 is 1.36. The van der Waals surface area contributed by atoms with Crippen LogP contribution in [0.3, 0.4) is 0 Å². The number of anilines is 2. The van der Waals surface area contributed by atoms with Crippen LogP contribution >= 0.6 is 11.3 Å². The van der Waals surface area contributed by atoms with Crippen LogP contribution in [0.1, 0.15) is 54.4 Å². The van der Waals surface area contributed by atoms with Crippen LogP contribution in [-0.2, 0) is 19.4 Å². The summed E-state index contributed by atoms with van der Waals surface area (Å²) in [5, 5.41) is 0. The number of carbonyl (C=O) groups is 1. The second-order valence-electron chi connectivity index (χ2n) is 8.93. The number of hydrogen-bond acceptors (Lipinski definition) is 5. The number of thiophene rings is 1. The molecule has 2 aromatic heterocycles. The van der Waals surface area contributed by atoms with Crippen molar-refractivity contribution in [2.75, 3.05) is 17.2 Å². The highest BCUT2D eigenvalue weighted by Gasteiger charge is 2.29. The number of unbranched alkanes of at least 4 members (excludes halogenated alkanes) is 1. The molecule has 0 atom stereocenters. The highest BCUT2D eigenvalue weighted by atomic mass is 32.1. The number of H-pyrrole nitrogens is 1. The second-order valence-corrected chi connectivity index (χ2v) is 9.98. The molecule has 4 rings (SSSR count). The zero-order chi connectivity index (χ0) is 23.7. The number of rotatable bonds is 7. The molecule has 0 radical (unpaired) electrons. The first-order valence-electron chi connectivity index (χ1n) is 11.5. The van der Waals surface area contributed by atoms with Crippen LogP contribution in [0.5, 0.6) is 0 Å². The van der Waals surface area contributed by atoms with Crippen molar-refractivity contribution in [3.8, 4) is 10.4 Å². The Labute approximate surface area is 196 Å². The van der Waals surface area contributed by atoms with Crippen molar-refractivity contribution in [3.63, 3.8) is 0 Å². The van der Waals surface area contributed by atoms with Gasteiger partial charge in [-0.25, -0.2) is 4.79 Å².